The van der Waals surface area contributed by atoms with Crippen molar-refractivity contribution in [2.45, 2.75) is 6.42 Å². The molecule has 0 aliphatic carbocycles. The van der Waals surface area contributed by atoms with Gasteiger partial charge in [0.2, 0.25) is 0 Å². The molecule has 0 bridgehead atoms. The van der Waals surface area contributed by atoms with Crippen LogP contribution in [0, 0.1) is 0 Å². The van der Waals surface area contributed by atoms with Crippen molar-refractivity contribution in [1.82, 2.24) is 5.32 Å². The second-order valence-electron chi connectivity index (χ2n) is 5.92. The first-order valence-electron chi connectivity index (χ1n) is 8.61. The fourth-order valence-corrected chi connectivity index (χ4v) is 2.82. The second kappa shape index (κ2) is 9.50. The van der Waals surface area contributed by atoms with Gasteiger partial charge in [0, 0.05) is 5.69 Å². The van der Waals surface area contributed by atoms with Gasteiger partial charge in [-0.2, -0.15) is 0 Å². The minimum atomic E-state index is -0.308. The molecule has 0 aliphatic heterocycles. The highest BCUT2D eigenvalue weighted by atomic mass is 32.1. The molecule has 3 rings (SSSR count). The van der Waals surface area contributed by atoms with Crippen LogP contribution in [-0.2, 0) is 11.2 Å². The summed E-state index contributed by atoms with van der Waals surface area (Å²) in [6.07, 6.45) is 0.775. The van der Waals surface area contributed by atoms with Crippen molar-refractivity contribution in [3.05, 3.63) is 96.1 Å². The number of hydrogen-bond donors (Lipinski definition) is 2. The first-order chi connectivity index (χ1) is 13.2. The number of benzene rings is 3. The van der Waals surface area contributed by atoms with E-state index >= 15 is 0 Å². The lowest BCUT2D eigenvalue weighted by atomic mass is 10.0. The highest BCUT2D eigenvalue weighted by Crippen LogP contribution is 2.19. The van der Waals surface area contributed by atoms with Crippen LogP contribution < -0.4 is 15.4 Å². The highest BCUT2D eigenvalue weighted by Gasteiger charge is 2.08. The molecule has 3 aromatic carbocycles. The van der Waals surface area contributed by atoms with Crippen molar-refractivity contribution >= 4 is 28.9 Å². The topological polar surface area (TPSA) is 50.4 Å². The summed E-state index contributed by atoms with van der Waals surface area (Å²) in [7, 11) is 0. The number of carbonyl (C=O) groups is 1. The number of amides is 1. The number of ether oxygens (including phenoxy) is 1. The Hall–Kier alpha value is -3.18. The Labute approximate surface area is 164 Å². The fourth-order valence-electron chi connectivity index (χ4n) is 2.59. The third-order valence-corrected chi connectivity index (χ3v) is 4.07. The van der Waals surface area contributed by atoms with Gasteiger partial charge in [0.15, 0.2) is 11.7 Å². The van der Waals surface area contributed by atoms with Crippen LogP contribution in [0.5, 0.6) is 5.75 Å². The maximum Gasteiger partial charge on any atom is 0.264 e. The Morgan fingerprint density at radius 2 is 1.48 bits per heavy atom. The maximum absolute atomic E-state index is 12.0. The number of anilines is 1. The molecule has 0 spiro atoms. The van der Waals surface area contributed by atoms with Crippen LogP contribution in [-0.4, -0.2) is 17.6 Å². The average molecular weight is 376 g/mol. The highest BCUT2D eigenvalue weighted by molar-refractivity contribution is 7.80. The fraction of sp³-hybridized carbons (Fsp3) is 0.0909. The molecular formula is C22H20N2O2S. The van der Waals surface area contributed by atoms with E-state index in [1.54, 1.807) is 12.1 Å². The molecule has 0 aromatic heterocycles. The maximum atomic E-state index is 12.0. The zero-order valence-corrected chi connectivity index (χ0v) is 15.5. The smallest absolute Gasteiger partial charge is 0.264 e. The predicted molar refractivity (Wildman–Crippen MR) is 112 cm³/mol. The predicted octanol–water partition coefficient (Wildman–Crippen LogP) is 4.17. The van der Waals surface area contributed by atoms with Crippen molar-refractivity contribution in [2.75, 3.05) is 11.9 Å². The minimum absolute atomic E-state index is 0.0997. The Balaban J connectivity index is 1.55. The third-order valence-electron chi connectivity index (χ3n) is 3.87. The summed E-state index contributed by atoms with van der Waals surface area (Å²) in [6.45, 7) is -0.0997. The average Bonchev–Trinajstić information content (AvgIpc) is 2.69. The van der Waals surface area contributed by atoms with Gasteiger partial charge in [0.25, 0.3) is 5.91 Å². The lowest BCUT2D eigenvalue weighted by molar-refractivity contribution is -0.121. The van der Waals surface area contributed by atoms with Crippen LogP contribution in [0.4, 0.5) is 5.69 Å². The van der Waals surface area contributed by atoms with Gasteiger partial charge in [-0.25, -0.2) is 0 Å². The number of thiocarbonyl (C=S) groups is 1. The van der Waals surface area contributed by atoms with Gasteiger partial charge >= 0.3 is 0 Å². The van der Waals surface area contributed by atoms with Crippen molar-refractivity contribution in [2.24, 2.45) is 0 Å². The molecule has 0 radical (unpaired) electrons. The molecule has 1 amide bonds. The van der Waals surface area contributed by atoms with Gasteiger partial charge in [-0.3, -0.25) is 10.1 Å². The molecule has 3 aromatic rings. The van der Waals surface area contributed by atoms with Crippen LogP contribution in [0.15, 0.2) is 84.9 Å². The van der Waals surface area contributed by atoms with E-state index < -0.39 is 0 Å². The molecule has 5 heteroatoms. The van der Waals surface area contributed by atoms with Gasteiger partial charge < -0.3 is 10.1 Å². The Bertz CT molecular complexity index is 898. The monoisotopic (exact) mass is 376 g/mol. The van der Waals surface area contributed by atoms with Crippen molar-refractivity contribution < 1.29 is 9.53 Å². The first-order valence-corrected chi connectivity index (χ1v) is 9.02. The molecule has 0 heterocycles. The first kappa shape index (κ1) is 18.6. The van der Waals surface area contributed by atoms with Crippen LogP contribution in [0.1, 0.15) is 11.1 Å². The van der Waals surface area contributed by atoms with E-state index in [1.165, 1.54) is 5.56 Å². The van der Waals surface area contributed by atoms with E-state index in [4.69, 9.17) is 17.0 Å². The summed E-state index contributed by atoms with van der Waals surface area (Å²) in [6, 6.07) is 27.3. The molecule has 0 saturated carbocycles. The summed E-state index contributed by atoms with van der Waals surface area (Å²) in [5, 5.41) is 6.00. The normalized spacial score (nSPS) is 10.1. The third kappa shape index (κ3) is 5.94. The molecule has 0 fully saturated rings. The molecule has 0 atom stereocenters. The van der Waals surface area contributed by atoms with Gasteiger partial charge in [-0.15, -0.1) is 0 Å². The van der Waals surface area contributed by atoms with E-state index in [0.717, 1.165) is 17.7 Å². The lowest BCUT2D eigenvalue weighted by Crippen LogP contribution is -2.37. The van der Waals surface area contributed by atoms with Gasteiger partial charge in [0.05, 0.1) is 0 Å². The second-order valence-corrected chi connectivity index (χ2v) is 6.33. The van der Waals surface area contributed by atoms with E-state index in [9.17, 15) is 4.79 Å². The molecule has 2 N–H and O–H groups in total. The molecule has 136 valence electrons. The van der Waals surface area contributed by atoms with Crippen LogP contribution in [0.25, 0.3) is 0 Å². The molecule has 0 unspecified atom stereocenters. The quantitative estimate of drug-likeness (QED) is 0.634. The Morgan fingerprint density at radius 3 is 2.22 bits per heavy atom. The summed E-state index contributed by atoms with van der Waals surface area (Å²) in [5.41, 5.74) is 3.18. The molecule has 27 heavy (non-hydrogen) atoms. The molecule has 4 nitrogen and oxygen atoms in total. The lowest BCUT2D eigenvalue weighted by Gasteiger charge is -2.14. The summed E-state index contributed by atoms with van der Waals surface area (Å²) < 4.78 is 5.42. The Kier molecular flexibility index (Phi) is 6.55. The zero-order chi connectivity index (χ0) is 18.9. The van der Waals surface area contributed by atoms with Gasteiger partial charge in [-0.1, -0.05) is 66.7 Å². The van der Waals surface area contributed by atoms with Crippen molar-refractivity contribution in [1.29, 1.82) is 0 Å². The van der Waals surface area contributed by atoms with Crippen LogP contribution in [0.3, 0.4) is 0 Å². The summed E-state index contributed by atoms with van der Waals surface area (Å²) in [4.78, 5) is 12.0. The number of nitrogens with one attached hydrogen (secondary N) is 2. The van der Waals surface area contributed by atoms with E-state index in [2.05, 4.69) is 22.8 Å². The van der Waals surface area contributed by atoms with E-state index in [0.29, 0.717) is 5.75 Å². The van der Waals surface area contributed by atoms with E-state index in [-0.39, 0.29) is 17.6 Å². The van der Waals surface area contributed by atoms with Crippen molar-refractivity contribution in [3.63, 3.8) is 0 Å². The van der Waals surface area contributed by atoms with E-state index in [1.807, 2.05) is 60.7 Å². The molecular weight excluding hydrogens is 356 g/mol. The standard InChI is InChI=1S/C22H20N2O2S/c25-21(16-26-19-12-5-2-6-13-19)24-22(27)23-20-14-8-7-11-18(20)15-17-9-3-1-4-10-17/h1-14H,15-16H2,(H2,23,24,25,27). The van der Waals surface area contributed by atoms with Crippen molar-refractivity contribution in [3.8, 4) is 5.75 Å². The molecule has 0 aliphatic rings. The summed E-state index contributed by atoms with van der Waals surface area (Å²) >= 11 is 5.27. The minimum Gasteiger partial charge on any atom is -0.484 e. The van der Waals surface area contributed by atoms with Gasteiger partial charge in [0.1, 0.15) is 5.75 Å². The number of rotatable bonds is 6. The zero-order valence-electron chi connectivity index (χ0n) is 14.7. The number of carbonyl (C=O) groups excluding carboxylic acids is 1. The Morgan fingerprint density at radius 1 is 0.852 bits per heavy atom. The SMILES string of the molecule is O=C(COc1ccccc1)NC(=S)Nc1ccccc1Cc1ccccc1. The van der Waals surface area contributed by atoms with Gasteiger partial charge in [-0.05, 0) is 48.0 Å². The number of para-hydroxylation sites is 2. The van der Waals surface area contributed by atoms with Crippen LogP contribution >= 0.6 is 12.2 Å². The van der Waals surface area contributed by atoms with Crippen LogP contribution in [0.2, 0.25) is 0 Å². The largest absolute Gasteiger partial charge is 0.484 e. The summed E-state index contributed by atoms with van der Waals surface area (Å²) in [5.74, 6) is 0.330. The molecule has 0 saturated heterocycles. The number of hydrogen-bond acceptors (Lipinski definition) is 3.